The highest BCUT2D eigenvalue weighted by atomic mass is 16.1. The molecule has 0 fully saturated rings. The highest BCUT2D eigenvalue weighted by Crippen LogP contribution is 2.20. The largest absolute Gasteiger partial charge is 0.399 e. The minimum absolute atomic E-state index is 0.282. The van der Waals surface area contributed by atoms with E-state index in [9.17, 15) is 4.79 Å². The number of carbonyl (C=O) groups is 1. The number of carbonyl (C=O) groups excluding carboxylic acids is 1. The number of amides is 1. The Labute approximate surface area is 82.3 Å². The van der Waals surface area contributed by atoms with Gasteiger partial charge in [0.25, 0.3) is 0 Å². The van der Waals surface area contributed by atoms with Gasteiger partial charge in [0.05, 0.1) is 11.4 Å². The predicted molar refractivity (Wildman–Crippen MR) is 57.6 cm³/mol. The molecule has 0 aliphatic carbocycles. The molecule has 0 atom stereocenters. The maximum absolute atomic E-state index is 10.5. The van der Waals surface area contributed by atoms with E-state index in [1.54, 1.807) is 18.2 Å². The van der Waals surface area contributed by atoms with Crippen molar-refractivity contribution in [3.05, 3.63) is 18.2 Å². The Bertz CT molecular complexity index is 338. The van der Waals surface area contributed by atoms with Crippen LogP contribution in [0, 0.1) is 0 Å². The Balaban J connectivity index is 2.55. The molecule has 7 N–H and O–H groups in total. The minimum Gasteiger partial charge on any atom is -0.399 e. The van der Waals surface area contributed by atoms with Gasteiger partial charge in [0.1, 0.15) is 0 Å². The molecular formula is C9H14N4O. The van der Waals surface area contributed by atoms with E-state index in [2.05, 4.69) is 5.32 Å². The molecule has 0 spiro atoms. The Morgan fingerprint density at radius 1 is 1.36 bits per heavy atom. The average molecular weight is 194 g/mol. The summed E-state index contributed by atoms with van der Waals surface area (Å²) in [5.74, 6) is -0.341. The van der Waals surface area contributed by atoms with E-state index >= 15 is 0 Å². The maximum Gasteiger partial charge on any atom is 0.219 e. The molecule has 1 aromatic rings. The SMILES string of the molecule is NC(=O)CCNc1ccc(N)cc1N. The third kappa shape index (κ3) is 2.85. The van der Waals surface area contributed by atoms with Crippen molar-refractivity contribution in [1.29, 1.82) is 0 Å². The molecule has 1 amide bonds. The van der Waals surface area contributed by atoms with E-state index in [1.807, 2.05) is 0 Å². The van der Waals surface area contributed by atoms with Crippen LogP contribution in [0.15, 0.2) is 18.2 Å². The fourth-order valence-electron chi connectivity index (χ4n) is 1.06. The van der Waals surface area contributed by atoms with Gasteiger partial charge in [-0.2, -0.15) is 0 Å². The average Bonchev–Trinajstić information content (AvgIpc) is 2.08. The second-order valence-corrected chi connectivity index (χ2v) is 2.99. The Morgan fingerprint density at radius 3 is 2.64 bits per heavy atom. The number of nitrogens with two attached hydrogens (primary N) is 3. The molecule has 5 nitrogen and oxygen atoms in total. The van der Waals surface area contributed by atoms with Gasteiger partial charge in [0, 0.05) is 18.7 Å². The van der Waals surface area contributed by atoms with Crippen molar-refractivity contribution in [2.24, 2.45) is 5.73 Å². The van der Waals surface area contributed by atoms with Crippen LogP contribution in [0.5, 0.6) is 0 Å². The summed E-state index contributed by atoms with van der Waals surface area (Å²) >= 11 is 0. The zero-order valence-electron chi connectivity index (χ0n) is 7.79. The molecule has 0 aliphatic heterocycles. The number of nitrogens with one attached hydrogen (secondary N) is 1. The molecule has 0 saturated carbocycles. The number of hydrogen-bond acceptors (Lipinski definition) is 4. The fraction of sp³-hybridized carbons (Fsp3) is 0.222. The summed E-state index contributed by atoms with van der Waals surface area (Å²) in [5, 5.41) is 2.99. The lowest BCUT2D eigenvalue weighted by Gasteiger charge is -2.08. The molecule has 0 radical (unpaired) electrons. The lowest BCUT2D eigenvalue weighted by atomic mass is 10.2. The highest BCUT2D eigenvalue weighted by Gasteiger charge is 1.99. The van der Waals surface area contributed by atoms with Gasteiger partial charge < -0.3 is 22.5 Å². The van der Waals surface area contributed by atoms with E-state index in [-0.39, 0.29) is 12.3 Å². The van der Waals surface area contributed by atoms with Crippen LogP contribution < -0.4 is 22.5 Å². The molecule has 0 aromatic heterocycles. The van der Waals surface area contributed by atoms with E-state index in [0.29, 0.717) is 17.9 Å². The van der Waals surface area contributed by atoms with Crippen molar-refractivity contribution in [3.63, 3.8) is 0 Å². The lowest BCUT2D eigenvalue weighted by molar-refractivity contribution is -0.117. The quantitative estimate of drug-likeness (QED) is 0.511. The smallest absolute Gasteiger partial charge is 0.219 e. The molecule has 5 heteroatoms. The summed E-state index contributed by atoms with van der Waals surface area (Å²) < 4.78 is 0. The van der Waals surface area contributed by atoms with Crippen molar-refractivity contribution < 1.29 is 4.79 Å². The maximum atomic E-state index is 10.5. The third-order valence-electron chi connectivity index (χ3n) is 1.76. The molecule has 1 rings (SSSR count). The first-order valence-corrected chi connectivity index (χ1v) is 4.27. The summed E-state index contributed by atoms with van der Waals surface area (Å²) in [7, 11) is 0. The highest BCUT2D eigenvalue weighted by molar-refractivity contribution is 5.75. The molecule has 0 saturated heterocycles. The van der Waals surface area contributed by atoms with Crippen LogP contribution >= 0.6 is 0 Å². The van der Waals surface area contributed by atoms with Crippen LogP contribution in [0.25, 0.3) is 0 Å². The number of primary amides is 1. The van der Waals surface area contributed by atoms with Crippen molar-refractivity contribution in [3.8, 4) is 0 Å². The van der Waals surface area contributed by atoms with E-state index < -0.39 is 0 Å². The Morgan fingerprint density at radius 2 is 2.07 bits per heavy atom. The lowest BCUT2D eigenvalue weighted by Crippen LogP contribution is -2.16. The van der Waals surface area contributed by atoms with Gasteiger partial charge in [0.2, 0.25) is 5.91 Å². The molecule has 1 aromatic carbocycles. The van der Waals surface area contributed by atoms with E-state index in [1.165, 1.54) is 0 Å². The van der Waals surface area contributed by atoms with E-state index in [0.717, 1.165) is 5.69 Å². The van der Waals surface area contributed by atoms with Crippen LogP contribution in [0.4, 0.5) is 17.1 Å². The molecule has 14 heavy (non-hydrogen) atoms. The predicted octanol–water partition coefficient (Wildman–Crippen LogP) is 0.138. The zero-order valence-corrected chi connectivity index (χ0v) is 7.79. The number of anilines is 3. The van der Waals surface area contributed by atoms with Gasteiger partial charge in [-0.15, -0.1) is 0 Å². The fourth-order valence-corrected chi connectivity index (χ4v) is 1.06. The summed E-state index contributed by atoms with van der Waals surface area (Å²) in [6.07, 6.45) is 0.282. The van der Waals surface area contributed by atoms with Crippen LogP contribution in [0.1, 0.15) is 6.42 Å². The molecule has 0 aliphatic rings. The second kappa shape index (κ2) is 4.36. The monoisotopic (exact) mass is 194 g/mol. The second-order valence-electron chi connectivity index (χ2n) is 2.99. The normalized spacial score (nSPS) is 9.71. The van der Waals surface area contributed by atoms with E-state index in [4.69, 9.17) is 17.2 Å². The van der Waals surface area contributed by atoms with Crippen LogP contribution in [-0.4, -0.2) is 12.5 Å². The summed E-state index contributed by atoms with van der Waals surface area (Å²) in [6.45, 7) is 0.476. The molecular weight excluding hydrogens is 180 g/mol. The van der Waals surface area contributed by atoms with Crippen molar-refractivity contribution in [2.45, 2.75) is 6.42 Å². The first kappa shape index (κ1) is 10.2. The van der Waals surface area contributed by atoms with Gasteiger partial charge in [-0.05, 0) is 18.2 Å². The number of nitrogen functional groups attached to an aromatic ring is 2. The van der Waals surface area contributed by atoms with Crippen LogP contribution in [0.2, 0.25) is 0 Å². The van der Waals surface area contributed by atoms with Gasteiger partial charge in [0.15, 0.2) is 0 Å². The first-order chi connectivity index (χ1) is 6.59. The van der Waals surface area contributed by atoms with Gasteiger partial charge >= 0.3 is 0 Å². The van der Waals surface area contributed by atoms with Gasteiger partial charge in [-0.1, -0.05) is 0 Å². The third-order valence-corrected chi connectivity index (χ3v) is 1.76. The number of benzene rings is 1. The summed E-state index contributed by atoms with van der Waals surface area (Å²) in [4.78, 5) is 10.5. The van der Waals surface area contributed by atoms with Gasteiger partial charge in [-0.3, -0.25) is 4.79 Å². The van der Waals surface area contributed by atoms with Crippen molar-refractivity contribution in [2.75, 3.05) is 23.3 Å². The Kier molecular flexibility index (Phi) is 3.17. The topological polar surface area (TPSA) is 107 Å². The molecule has 0 bridgehead atoms. The van der Waals surface area contributed by atoms with Crippen molar-refractivity contribution in [1.82, 2.24) is 0 Å². The number of rotatable bonds is 4. The zero-order chi connectivity index (χ0) is 10.6. The molecule has 76 valence electrons. The molecule has 0 heterocycles. The van der Waals surface area contributed by atoms with Gasteiger partial charge in [-0.25, -0.2) is 0 Å². The minimum atomic E-state index is -0.341. The van der Waals surface area contributed by atoms with Crippen LogP contribution in [0.3, 0.4) is 0 Å². The standard InChI is InChI=1S/C9H14N4O/c10-6-1-2-8(7(11)5-6)13-4-3-9(12)14/h1-2,5,13H,3-4,10-11H2,(H2,12,14). The number of hydrogen-bond donors (Lipinski definition) is 4. The Hall–Kier alpha value is -1.91. The van der Waals surface area contributed by atoms with Crippen LogP contribution in [-0.2, 0) is 4.79 Å². The van der Waals surface area contributed by atoms with Crippen molar-refractivity contribution >= 4 is 23.0 Å². The first-order valence-electron chi connectivity index (χ1n) is 4.27. The summed E-state index contributed by atoms with van der Waals surface area (Å²) in [6, 6.07) is 5.17. The molecule has 0 unspecified atom stereocenters. The summed E-state index contributed by atoms with van der Waals surface area (Å²) in [5.41, 5.74) is 18.1.